The van der Waals surface area contributed by atoms with Gasteiger partial charge in [-0.1, -0.05) is 0 Å². The molecule has 1 unspecified atom stereocenters. The summed E-state index contributed by atoms with van der Waals surface area (Å²) in [6.45, 7) is 1.37. The fourth-order valence-corrected chi connectivity index (χ4v) is 1.72. The Morgan fingerprint density at radius 2 is 2.50 bits per heavy atom. The molecule has 2 fully saturated rings. The van der Waals surface area contributed by atoms with E-state index < -0.39 is 11.5 Å². The maximum Gasteiger partial charge on any atom is 0.325 e. The van der Waals surface area contributed by atoms with Crippen LogP contribution in [0.2, 0.25) is 0 Å². The van der Waals surface area contributed by atoms with Gasteiger partial charge in [-0.2, -0.15) is 0 Å². The van der Waals surface area contributed by atoms with Crippen molar-refractivity contribution < 1.29 is 9.90 Å². The van der Waals surface area contributed by atoms with Gasteiger partial charge in [-0.3, -0.25) is 10.1 Å². The predicted molar refractivity (Wildman–Crippen MR) is 34.8 cm³/mol. The van der Waals surface area contributed by atoms with Gasteiger partial charge >= 0.3 is 5.97 Å². The standard InChI is InChI=1S/C6H10N2O2/c9-5(10)6-1-4(2-8-6)7-3-6/h4,7-8H,1-3H2,(H,9,10)/t4?,6-/m0/s1. The van der Waals surface area contributed by atoms with Crippen LogP contribution in [0.4, 0.5) is 0 Å². The van der Waals surface area contributed by atoms with Gasteiger partial charge in [0.05, 0.1) is 0 Å². The Bertz CT molecular complexity index is 173. The number of nitrogens with one attached hydrogen (secondary N) is 2. The van der Waals surface area contributed by atoms with Crippen molar-refractivity contribution >= 4 is 5.97 Å². The van der Waals surface area contributed by atoms with Gasteiger partial charge in [0.1, 0.15) is 5.54 Å². The molecule has 56 valence electrons. The van der Waals surface area contributed by atoms with Crippen molar-refractivity contribution in [2.75, 3.05) is 13.1 Å². The Morgan fingerprint density at radius 3 is 2.70 bits per heavy atom. The SMILES string of the molecule is O=C(O)[C@]12CNC(CN1)C2. The molecule has 0 amide bonds. The lowest BCUT2D eigenvalue weighted by Gasteiger charge is -2.22. The summed E-state index contributed by atoms with van der Waals surface area (Å²) >= 11 is 0. The number of aliphatic carboxylic acids is 1. The monoisotopic (exact) mass is 142 g/mol. The molecule has 2 atom stereocenters. The second kappa shape index (κ2) is 1.71. The number of piperazine rings is 1. The summed E-state index contributed by atoms with van der Waals surface area (Å²) in [6, 6.07) is 0.385. The molecule has 2 aliphatic heterocycles. The fourth-order valence-electron chi connectivity index (χ4n) is 1.72. The van der Waals surface area contributed by atoms with Gasteiger partial charge < -0.3 is 10.4 Å². The fraction of sp³-hybridized carbons (Fsp3) is 0.833. The maximum absolute atomic E-state index is 10.7. The van der Waals surface area contributed by atoms with Crippen molar-refractivity contribution in [2.45, 2.75) is 18.0 Å². The van der Waals surface area contributed by atoms with Crippen molar-refractivity contribution in [1.29, 1.82) is 0 Å². The third kappa shape index (κ3) is 0.602. The van der Waals surface area contributed by atoms with Crippen LogP contribution in [-0.4, -0.2) is 35.7 Å². The molecule has 0 saturated carbocycles. The van der Waals surface area contributed by atoms with Gasteiger partial charge in [-0.15, -0.1) is 0 Å². The molecule has 2 rings (SSSR count). The van der Waals surface area contributed by atoms with Crippen LogP contribution in [0.15, 0.2) is 0 Å². The van der Waals surface area contributed by atoms with Crippen molar-refractivity contribution in [3.8, 4) is 0 Å². The van der Waals surface area contributed by atoms with Gasteiger partial charge in [0.15, 0.2) is 0 Å². The highest BCUT2D eigenvalue weighted by molar-refractivity contribution is 5.80. The molecular weight excluding hydrogens is 132 g/mol. The predicted octanol–water partition coefficient (Wildman–Crippen LogP) is -1.23. The average molecular weight is 142 g/mol. The first-order valence-electron chi connectivity index (χ1n) is 3.45. The molecule has 0 spiro atoms. The first-order valence-corrected chi connectivity index (χ1v) is 3.45. The average Bonchev–Trinajstić information content (AvgIpc) is 2.45. The molecule has 4 nitrogen and oxygen atoms in total. The smallest absolute Gasteiger partial charge is 0.325 e. The lowest BCUT2D eigenvalue weighted by molar-refractivity contribution is -0.143. The third-order valence-corrected chi connectivity index (χ3v) is 2.38. The Kier molecular flexibility index (Phi) is 1.04. The van der Waals surface area contributed by atoms with Crippen LogP contribution in [0.3, 0.4) is 0 Å². The van der Waals surface area contributed by atoms with Crippen LogP contribution < -0.4 is 10.6 Å². The van der Waals surface area contributed by atoms with Crippen LogP contribution in [0.25, 0.3) is 0 Å². The van der Waals surface area contributed by atoms with E-state index in [1.54, 1.807) is 0 Å². The van der Waals surface area contributed by atoms with Gasteiger partial charge in [0.2, 0.25) is 0 Å². The number of rotatable bonds is 1. The summed E-state index contributed by atoms with van der Waals surface area (Å²) in [5.41, 5.74) is -0.634. The molecule has 0 aliphatic carbocycles. The van der Waals surface area contributed by atoms with E-state index in [2.05, 4.69) is 10.6 Å². The zero-order valence-corrected chi connectivity index (χ0v) is 5.55. The van der Waals surface area contributed by atoms with E-state index in [0.29, 0.717) is 12.6 Å². The Balaban J connectivity index is 2.23. The van der Waals surface area contributed by atoms with Crippen LogP contribution in [0, 0.1) is 0 Å². The van der Waals surface area contributed by atoms with Gasteiger partial charge in [-0.25, -0.2) is 0 Å². The largest absolute Gasteiger partial charge is 0.480 e. The molecule has 2 heterocycles. The molecule has 4 heteroatoms. The number of carboxylic acid groups (broad SMARTS) is 1. The molecule has 2 aliphatic rings. The number of carboxylic acids is 1. The summed E-state index contributed by atoms with van der Waals surface area (Å²) in [5, 5.41) is 14.9. The Hall–Kier alpha value is -0.610. The number of hydrogen-bond donors (Lipinski definition) is 3. The third-order valence-electron chi connectivity index (χ3n) is 2.38. The minimum Gasteiger partial charge on any atom is -0.480 e. The summed E-state index contributed by atoms with van der Waals surface area (Å²) in [7, 11) is 0. The van der Waals surface area contributed by atoms with Crippen molar-refractivity contribution in [3.05, 3.63) is 0 Å². The van der Waals surface area contributed by atoms with E-state index in [9.17, 15) is 4.79 Å². The highest BCUT2D eigenvalue weighted by Crippen LogP contribution is 2.25. The van der Waals surface area contributed by atoms with E-state index in [-0.39, 0.29) is 0 Å². The summed E-state index contributed by atoms with van der Waals surface area (Å²) in [5.74, 6) is -0.722. The summed E-state index contributed by atoms with van der Waals surface area (Å²) in [4.78, 5) is 10.7. The van der Waals surface area contributed by atoms with Gasteiger partial charge in [-0.05, 0) is 6.42 Å². The lowest BCUT2D eigenvalue weighted by atomic mass is 10.0. The van der Waals surface area contributed by atoms with Gasteiger partial charge in [0, 0.05) is 19.1 Å². The van der Waals surface area contributed by atoms with Gasteiger partial charge in [0.25, 0.3) is 0 Å². The second-order valence-electron chi connectivity index (χ2n) is 3.05. The maximum atomic E-state index is 10.7. The van der Waals surface area contributed by atoms with Crippen LogP contribution >= 0.6 is 0 Å². The first kappa shape index (κ1) is 6.12. The lowest BCUT2D eigenvalue weighted by Crippen LogP contribution is -2.54. The highest BCUT2D eigenvalue weighted by Gasteiger charge is 2.50. The minimum absolute atomic E-state index is 0.385. The molecule has 0 aromatic carbocycles. The zero-order valence-electron chi connectivity index (χ0n) is 5.55. The summed E-state index contributed by atoms with van der Waals surface area (Å²) < 4.78 is 0. The van der Waals surface area contributed by atoms with Crippen LogP contribution in [0.5, 0.6) is 0 Å². The van der Waals surface area contributed by atoms with E-state index in [1.807, 2.05) is 0 Å². The number of fused-ring (bicyclic) bond motifs is 2. The number of carbonyl (C=O) groups is 1. The Morgan fingerprint density at radius 1 is 1.70 bits per heavy atom. The van der Waals surface area contributed by atoms with Crippen LogP contribution in [-0.2, 0) is 4.79 Å². The second-order valence-corrected chi connectivity index (χ2v) is 3.05. The molecule has 0 radical (unpaired) electrons. The summed E-state index contributed by atoms with van der Waals surface area (Å²) in [6.07, 6.45) is 0.738. The van der Waals surface area contributed by atoms with E-state index in [1.165, 1.54) is 0 Å². The molecule has 2 bridgehead atoms. The van der Waals surface area contributed by atoms with E-state index >= 15 is 0 Å². The number of hydrogen-bond acceptors (Lipinski definition) is 3. The van der Waals surface area contributed by atoms with Crippen molar-refractivity contribution in [2.24, 2.45) is 0 Å². The highest BCUT2D eigenvalue weighted by atomic mass is 16.4. The van der Waals surface area contributed by atoms with Crippen molar-refractivity contribution in [3.63, 3.8) is 0 Å². The minimum atomic E-state index is -0.722. The molecule has 10 heavy (non-hydrogen) atoms. The molecule has 0 aromatic rings. The quantitative estimate of drug-likeness (QED) is 0.429. The zero-order chi connectivity index (χ0) is 7.19. The molecule has 3 N–H and O–H groups in total. The van der Waals surface area contributed by atoms with E-state index in [4.69, 9.17) is 5.11 Å². The molecule has 0 aromatic heterocycles. The molecule has 2 saturated heterocycles. The molecular formula is C6H10N2O2. The Labute approximate surface area is 58.6 Å². The van der Waals surface area contributed by atoms with E-state index in [0.717, 1.165) is 13.0 Å². The van der Waals surface area contributed by atoms with Crippen molar-refractivity contribution in [1.82, 2.24) is 10.6 Å². The first-order chi connectivity index (χ1) is 4.73. The van der Waals surface area contributed by atoms with Crippen LogP contribution in [0.1, 0.15) is 6.42 Å². The normalized spacial score (nSPS) is 44.2. The topological polar surface area (TPSA) is 61.4 Å².